The molecule has 0 aliphatic carbocycles. The SMILES string of the molecule is CC(C)c1cccc(OCC(=O)N[C@@H](CO)C(=O)O)c1. The second kappa shape index (κ2) is 7.49. The number of aliphatic carboxylic acids is 1. The first-order valence-electron chi connectivity index (χ1n) is 6.29. The molecule has 110 valence electrons. The fraction of sp³-hybridized carbons (Fsp3) is 0.429. The lowest BCUT2D eigenvalue weighted by Gasteiger charge is -2.13. The van der Waals surface area contributed by atoms with E-state index in [4.69, 9.17) is 14.9 Å². The molecular formula is C14H19NO5. The molecule has 0 radical (unpaired) electrons. The van der Waals surface area contributed by atoms with Crippen molar-refractivity contribution in [2.75, 3.05) is 13.2 Å². The third kappa shape index (κ3) is 4.89. The Kier molecular flexibility index (Phi) is 5.99. The van der Waals surface area contributed by atoms with Crippen molar-refractivity contribution in [1.29, 1.82) is 0 Å². The number of nitrogens with one attached hydrogen (secondary N) is 1. The fourth-order valence-corrected chi connectivity index (χ4v) is 1.53. The average molecular weight is 281 g/mol. The maximum absolute atomic E-state index is 11.5. The number of carbonyl (C=O) groups excluding carboxylic acids is 1. The summed E-state index contributed by atoms with van der Waals surface area (Å²) in [5.74, 6) is -0.996. The van der Waals surface area contributed by atoms with Crippen molar-refractivity contribution >= 4 is 11.9 Å². The predicted octanol–water partition coefficient (Wildman–Crippen LogP) is 0.750. The second-order valence-corrected chi connectivity index (χ2v) is 4.66. The lowest BCUT2D eigenvalue weighted by molar-refractivity contribution is -0.143. The average Bonchev–Trinajstić information content (AvgIpc) is 2.42. The summed E-state index contributed by atoms with van der Waals surface area (Å²) in [6, 6.07) is 6.03. The van der Waals surface area contributed by atoms with Gasteiger partial charge in [-0.1, -0.05) is 26.0 Å². The van der Waals surface area contributed by atoms with Gasteiger partial charge in [-0.25, -0.2) is 4.79 Å². The maximum Gasteiger partial charge on any atom is 0.328 e. The number of ether oxygens (including phenoxy) is 1. The molecule has 20 heavy (non-hydrogen) atoms. The number of aliphatic hydroxyl groups is 1. The van der Waals surface area contributed by atoms with E-state index in [0.29, 0.717) is 11.7 Å². The number of benzene rings is 1. The molecule has 6 nitrogen and oxygen atoms in total. The van der Waals surface area contributed by atoms with Crippen LogP contribution in [0.4, 0.5) is 0 Å². The molecule has 0 saturated heterocycles. The van der Waals surface area contributed by atoms with E-state index in [1.165, 1.54) is 0 Å². The number of carbonyl (C=O) groups is 2. The molecule has 1 amide bonds. The molecule has 1 rings (SSSR count). The van der Waals surface area contributed by atoms with Crippen molar-refractivity contribution < 1.29 is 24.5 Å². The van der Waals surface area contributed by atoms with E-state index < -0.39 is 24.5 Å². The first kappa shape index (κ1) is 16.0. The van der Waals surface area contributed by atoms with E-state index in [-0.39, 0.29) is 6.61 Å². The molecule has 0 spiro atoms. The maximum atomic E-state index is 11.5. The molecule has 0 aliphatic rings. The molecule has 6 heteroatoms. The number of carboxylic acid groups (broad SMARTS) is 1. The monoisotopic (exact) mass is 281 g/mol. The molecule has 3 N–H and O–H groups in total. The largest absolute Gasteiger partial charge is 0.484 e. The summed E-state index contributed by atoms with van der Waals surface area (Å²) >= 11 is 0. The van der Waals surface area contributed by atoms with Crippen LogP contribution in [0, 0.1) is 0 Å². The van der Waals surface area contributed by atoms with Crippen LogP contribution < -0.4 is 10.1 Å². The van der Waals surface area contributed by atoms with Crippen molar-refractivity contribution in [1.82, 2.24) is 5.32 Å². The summed E-state index contributed by atoms with van der Waals surface area (Å²) in [5, 5.41) is 19.6. The van der Waals surface area contributed by atoms with E-state index in [9.17, 15) is 9.59 Å². The summed E-state index contributed by atoms with van der Waals surface area (Å²) in [7, 11) is 0. The van der Waals surface area contributed by atoms with Gasteiger partial charge < -0.3 is 20.3 Å². The third-order valence-electron chi connectivity index (χ3n) is 2.71. The highest BCUT2D eigenvalue weighted by Gasteiger charge is 2.18. The summed E-state index contributed by atoms with van der Waals surface area (Å²) in [6.07, 6.45) is 0. The predicted molar refractivity (Wildman–Crippen MR) is 72.7 cm³/mol. The molecule has 0 bridgehead atoms. The Morgan fingerprint density at radius 1 is 1.35 bits per heavy atom. The number of aliphatic hydroxyl groups excluding tert-OH is 1. The zero-order chi connectivity index (χ0) is 15.1. The van der Waals surface area contributed by atoms with Gasteiger partial charge >= 0.3 is 5.97 Å². The van der Waals surface area contributed by atoms with Crippen LogP contribution in [-0.2, 0) is 9.59 Å². The quantitative estimate of drug-likeness (QED) is 0.685. The molecule has 0 heterocycles. The van der Waals surface area contributed by atoms with Crippen LogP contribution in [0.1, 0.15) is 25.3 Å². The third-order valence-corrected chi connectivity index (χ3v) is 2.71. The first-order valence-corrected chi connectivity index (χ1v) is 6.29. The highest BCUT2D eigenvalue weighted by atomic mass is 16.5. The summed E-state index contributed by atoms with van der Waals surface area (Å²) in [5.41, 5.74) is 1.08. The van der Waals surface area contributed by atoms with Crippen molar-refractivity contribution in [3.63, 3.8) is 0 Å². The second-order valence-electron chi connectivity index (χ2n) is 4.66. The summed E-state index contributed by atoms with van der Waals surface area (Å²) in [4.78, 5) is 22.1. The van der Waals surface area contributed by atoms with Crippen molar-refractivity contribution in [3.8, 4) is 5.75 Å². The van der Waals surface area contributed by atoms with Gasteiger partial charge in [0, 0.05) is 0 Å². The van der Waals surface area contributed by atoms with Gasteiger partial charge in [-0.3, -0.25) is 4.79 Å². The first-order chi connectivity index (χ1) is 9.43. The van der Waals surface area contributed by atoms with Crippen LogP contribution >= 0.6 is 0 Å². The number of hydrogen-bond acceptors (Lipinski definition) is 4. The molecule has 1 aromatic carbocycles. The van der Waals surface area contributed by atoms with Gasteiger partial charge in [0.2, 0.25) is 0 Å². The van der Waals surface area contributed by atoms with Gasteiger partial charge in [0.15, 0.2) is 6.61 Å². The zero-order valence-electron chi connectivity index (χ0n) is 11.5. The number of carboxylic acids is 1. The lowest BCUT2D eigenvalue weighted by atomic mass is 10.0. The molecule has 0 unspecified atom stereocenters. The minimum atomic E-state index is -1.31. The molecule has 0 saturated carbocycles. The fourth-order valence-electron chi connectivity index (χ4n) is 1.53. The van der Waals surface area contributed by atoms with Crippen molar-refractivity contribution in [3.05, 3.63) is 29.8 Å². The van der Waals surface area contributed by atoms with Crippen LogP contribution in [0.5, 0.6) is 5.75 Å². The van der Waals surface area contributed by atoms with E-state index in [1.807, 2.05) is 32.0 Å². The highest BCUT2D eigenvalue weighted by Crippen LogP contribution is 2.19. The highest BCUT2D eigenvalue weighted by molar-refractivity contribution is 5.84. The van der Waals surface area contributed by atoms with E-state index >= 15 is 0 Å². The smallest absolute Gasteiger partial charge is 0.328 e. The molecule has 1 aromatic rings. The van der Waals surface area contributed by atoms with Crippen LogP contribution in [-0.4, -0.2) is 41.3 Å². The van der Waals surface area contributed by atoms with Crippen LogP contribution in [0.25, 0.3) is 0 Å². The molecule has 0 aliphatic heterocycles. The Morgan fingerprint density at radius 3 is 2.60 bits per heavy atom. The Hall–Kier alpha value is -2.08. The summed E-state index contributed by atoms with van der Waals surface area (Å²) in [6.45, 7) is 3.13. The zero-order valence-corrected chi connectivity index (χ0v) is 11.5. The van der Waals surface area contributed by atoms with Gasteiger partial charge in [-0.05, 0) is 23.6 Å². The number of amides is 1. The van der Waals surface area contributed by atoms with Crippen molar-refractivity contribution in [2.45, 2.75) is 25.8 Å². The van der Waals surface area contributed by atoms with E-state index in [1.54, 1.807) is 6.07 Å². The normalized spacial score (nSPS) is 12.0. The number of rotatable bonds is 7. The Labute approximate surface area is 117 Å². The van der Waals surface area contributed by atoms with E-state index in [0.717, 1.165) is 5.56 Å². The minimum absolute atomic E-state index is 0.300. The number of hydrogen-bond donors (Lipinski definition) is 3. The lowest BCUT2D eigenvalue weighted by Crippen LogP contribution is -2.45. The van der Waals surface area contributed by atoms with Gasteiger partial charge in [0.1, 0.15) is 11.8 Å². The Morgan fingerprint density at radius 2 is 2.05 bits per heavy atom. The van der Waals surface area contributed by atoms with Gasteiger partial charge in [0.25, 0.3) is 5.91 Å². The summed E-state index contributed by atoms with van der Waals surface area (Å²) < 4.78 is 5.30. The minimum Gasteiger partial charge on any atom is -0.484 e. The van der Waals surface area contributed by atoms with Crippen molar-refractivity contribution in [2.24, 2.45) is 0 Å². The van der Waals surface area contributed by atoms with E-state index in [2.05, 4.69) is 5.32 Å². The molecule has 1 atom stereocenters. The Bertz CT molecular complexity index is 472. The van der Waals surface area contributed by atoms with Crippen LogP contribution in [0.2, 0.25) is 0 Å². The van der Waals surface area contributed by atoms with Gasteiger partial charge in [0.05, 0.1) is 6.61 Å². The van der Waals surface area contributed by atoms with Crippen LogP contribution in [0.3, 0.4) is 0 Å². The van der Waals surface area contributed by atoms with Gasteiger partial charge in [-0.15, -0.1) is 0 Å². The van der Waals surface area contributed by atoms with Gasteiger partial charge in [-0.2, -0.15) is 0 Å². The Balaban J connectivity index is 2.52. The molecular weight excluding hydrogens is 262 g/mol. The molecule has 0 aromatic heterocycles. The standard InChI is InChI=1S/C14H19NO5/c1-9(2)10-4-3-5-11(6-10)20-8-13(17)15-12(7-16)14(18)19/h3-6,9,12,16H,7-8H2,1-2H3,(H,15,17)(H,18,19)/t12-/m0/s1. The topological polar surface area (TPSA) is 95.9 Å². The van der Waals surface area contributed by atoms with Crippen LogP contribution in [0.15, 0.2) is 24.3 Å². The molecule has 0 fully saturated rings.